The standard InChI is InChI=1S/C19H20N2/c1-14(10-11-20)15-4-6-16(7-5-15)17-8-9-19-18(13-17)3-2-12-21-19/h2-9,12-14H,10-11,20H2,1H3. The van der Waals surface area contributed by atoms with Crippen LogP contribution < -0.4 is 5.73 Å². The summed E-state index contributed by atoms with van der Waals surface area (Å²) in [7, 11) is 0. The maximum atomic E-state index is 5.63. The summed E-state index contributed by atoms with van der Waals surface area (Å²) in [5, 5.41) is 1.18. The molecule has 0 fully saturated rings. The zero-order valence-corrected chi connectivity index (χ0v) is 12.3. The van der Waals surface area contributed by atoms with Crippen LogP contribution in [0.15, 0.2) is 60.8 Å². The third kappa shape index (κ3) is 2.96. The Kier molecular flexibility index (Phi) is 3.98. The predicted molar refractivity (Wildman–Crippen MR) is 89.3 cm³/mol. The molecule has 0 saturated carbocycles. The molecule has 1 heterocycles. The first-order valence-corrected chi connectivity index (χ1v) is 7.43. The Labute approximate surface area is 125 Å². The van der Waals surface area contributed by atoms with Crippen molar-refractivity contribution in [3.8, 4) is 11.1 Å². The van der Waals surface area contributed by atoms with Gasteiger partial charge in [-0.15, -0.1) is 0 Å². The van der Waals surface area contributed by atoms with Crippen LogP contribution in [-0.4, -0.2) is 11.5 Å². The lowest BCUT2D eigenvalue weighted by Gasteiger charge is -2.11. The first-order valence-electron chi connectivity index (χ1n) is 7.43. The van der Waals surface area contributed by atoms with Gasteiger partial charge in [-0.1, -0.05) is 43.3 Å². The quantitative estimate of drug-likeness (QED) is 0.769. The highest BCUT2D eigenvalue weighted by Gasteiger charge is 2.05. The number of nitrogens with two attached hydrogens (primary N) is 1. The number of pyridine rings is 1. The van der Waals surface area contributed by atoms with E-state index in [-0.39, 0.29) is 0 Å². The van der Waals surface area contributed by atoms with Crippen molar-refractivity contribution in [2.24, 2.45) is 5.73 Å². The summed E-state index contributed by atoms with van der Waals surface area (Å²) >= 11 is 0. The molecule has 2 heteroatoms. The summed E-state index contributed by atoms with van der Waals surface area (Å²) < 4.78 is 0. The van der Waals surface area contributed by atoms with Crippen LogP contribution in [0.1, 0.15) is 24.8 Å². The highest BCUT2D eigenvalue weighted by molar-refractivity contribution is 5.84. The van der Waals surface area contributed by atoms with Crippen LogP contribution in [0.3, 0.4) is 0 Å². The SMILES string of the molecule is CC(CCN)c1ccc(-c2ccc3ncccc3c2)cc1. The first-order chi connectivity index (χ1) is 10.3. The van der Waals surface area contributed by atoms with E-state index in [0.29, 0.717) is 5.92 Å². The van der Waals surface area contributed by atoms with Crippen molar-refractivity contribution in [2.45, 2.75) is 19.3 Å². The smallest absolute Gasteiger partial charge is 0.0702 e. The Morgan fingerprint density at radius 2 is 1.76 bits per heavy atom. The van der Waals surface area contributed by atoms with Gasteiger partial charge < -0.3 is 5.73 Å². The molecule has 106 valence electrons. The van der Waals surface area contributed by atoms with E-state index in [2.05, 4.69) is 60.4 Å². The molecule has 1 unspecified atom stereocenters. The molecule has 2 aromatic carbocycles. The second-order valence-corrected chi connectivity index (χ2v) is 5.51. The molecule has 0 bridgehead atoms. The minimum atomic E-state index is 0.518. The molecular formula is C19H20N2. The highest BCUT2D eigenvalue weighted by atomic mass is 14.6. The molecule has 21 heavy (non-hydrogen) atoms. The molecular weight excluding hydrogens is 256 g/mol. The highest BCUT2D eigenvalue weighted by Crippen LogP contribution is 2.26. The van der Waals surface area contributed by atoms with Crippen molar-refractivity contribution in [3.63, 3.8) is 0 Å². The van der Waals surface area contributed by atoms with E-state index in [4.69, 9.17) is 5.73 Å². The summed E-state index contributed by atoms with van der Waals surface area (Å²) in [4.78, 5) is 4.36. The third-order valence-electron chi connectivity index (χ3n) is 4.02. The molecule has 0 aliphatic carbocycles. The monoisotopic (exact) mass is 276 g/mol. The topological polar surface area (TPSA) is 38.9 Å². The summed E-state index contributed by atoms with van der Waals surface area (Å²) in [5.41, 5.74) is 10.5. The molecule has 0 aliphatic rings. The molecule has 3 rings (SSSR count). The first kappa shape index (κ1) is 13.8. The normalized spacial score (nSPS) is 12.5. The van der Waals surface area contributed by atoms with E-state index in [1.165, 1.54) is 22.1 Å². The number of nitrogens with zero attached hydrogens (tertiary/aromatic N) is 1. The van der Waals surface area contributed by atoms with Crippen LogP contribution in [0, 0.1) is 0 Å². The van der Waals surface area contributed by atoms with E-state index in [9.17, 15) is 0 Å². The summed E-state index contributed by atoms with van der Waals surface area (Å²) in [6.07, 6.45) is 2.86. The van der Waals surface area contributed by atoms with Crippen molar-refractivity contribution in [3.05, 3.63) is 66.4 Å². The molecule has 0 amide bonds. The van der Waals surface area contributed by atoms with Gasteiger partial charge >= 0.3 is 0 Å². The van der Waals surface area contributed by atoms with Crippen molar-refractivity contribution >= 4 is 10.9 Å². The lowest BCUT2D eigenvalue weighted by molar-refractivity contribution is 0.690. The number of benzene rings is 2. The van der Waals surface area contributed by atoms with Crippen molar-refractivity contribution in [1.29, 1.82) is 0 Å². The fourth-order valence-corrected chi connectivity index (χ4v) is 2.68. The van der Waals surface area contributed by atoms with Crippen LogP contribution >= 0.6 is 0 Å². The van der Waals surface area contributed by atoms with Gasteiger partial charge in [0.1, 0.15) is 0 Å². The fraction of sp³-hybridized carbons (Fsp3) is 0.211. The van der Waals surface area contributed by atoms with Gasteiger partial charge in [-0.2, -0.15) is 0 Å². The van der Waals surface area contributed by atoms with Crippen LogP contribution in [0.2, 0.25) is 0 Å². The fourth-order valence-electron chi connectivity index (χ4n) is 2.68. The third-order valence-corrected chi connectivity index (χ3v) is 4.02. The summed E-state index contributed by atoms with van der Waals surface area (Å²) in [5.74, 6) is 0.518. The van der Waals surface area contributed by atoms with Crippen LogP contribution in [0.4, 0.5) is 0 Å². The summed E-state index contributed by atoms with van der Waals surface area (Å²) in [6, 6.07) is 19.3. The number of hydrogen-bond acceptors (Lipinski definition) is 2. The van der Waals surface area contributed by atoms with E-state index >= 15 is 0 Å². The Morgan fingerprint density at radius 3 is 2.52 bits per heavy atom. The number of hydrogen-bond donors (Lipinski definition) is 1. The zero-order valence-electron chi connectivity index (χ0n) is 12.3. The molecule has 0 aliphatic heterocycles. The van der Waals surface area contributed by atoms with Gasteiger partial charge in [0.2, 0.25) is 0 Å². The van der Waals surface area contributed by atoms with Crippen LogP contribution in [-0.2, 0) is 0 Å². The van der Waals surface area contributed by atoms with Crippen molar-refractivity contribution in [1.82, 2.24) is 4.98 Å². The molecule has 1 atom stereocenters. The Bertz CT molecular complexity index is 732. The molecule has 2 N–H and O–H groups in total. The molecule has 0 radical (unpaired) electrons. The van der Waals surface area contributed by atoms with Crippen molar-refractivity contribution < 1.29 is 0 Å². The van der Waals surface area contributed by atoms with Gasteiger partial charge in [-0.25, -0.2) is 0 Å². The molecule has 0 saturated heterocycles. The number of fused-ring (bicyclic) bond motifs is 1. The molecule has 2 nitrogen and oxygen atoms in total. The largest absolute Gasteiger partial charge is 0.330 e. The van der Waals surface area contributed by atoms with E-state index < -0.39 is 0 Å². The summed E-state index contributed by atoms with van der Waals surface area (Å²) in [6.45, 7) is 2.96. The average molecular weight is 276 g/mol. The van der Waals surface area contributed by atoms with Crippen LogP contribution in [0.5, 0.6) is 0 Å². The second kappa shape index (κ2) is 6.06. The Hall–Kier alpha value is -2.19. The van der Waals surface area contributed by atoms with Crippen molar-refractivity contribution in [2.75, 3.05) is 6.54 Å². The number of rotatable bonds is 4. The van der Waals surface area contributed by atoms with E-state index in [0.717, 1.165) is 18.5 Å². The second-order valence-electron chi connectivity index (χ2n) is 5.51. The maximum absolute atomic E-state index is 5.63. The minimum absolute atomic E-state index is 0.518. The van der Waals surface area contributed by atoms with Gasteiger partial charge in [0.05, 0.1) is 5.52 Å². The predicted octanol–water partition coefficient (Wildman–Crippen LogP) is 4.35. The zero-order chi connectivity index (χ0) is 14.7. The average Bonchev–Trinajstić information content (AvgIpc) is 2.55. The molecule has 0 spiro atoms. The van der Waals surface area contributed by atoms with Gasteiger partial charge in [0, 0.05) is 11.6 Å². The number of aromatic nitrogens is 1. The van der Waals surface area contributed by atoms with Crippen LogP contribution in [0.25, 0.3) is 22.0 Å². The minimum Gasteiger partial charge on any atom is -0.330 e. The Morgan fingerprint density at radius 1 is 1.00 bits per heavy atom. The van der Waals surface area contributed by atoms with Gasteiger partial charge in [-0.3, -0.25) is 4.98 Å². The maximum Gasteiger partial charge on any atom is 0.0702 e. The lowest BCUT2D eigenvalue weighted by Crippen LogP contribution is -2.04. The van der Waals surface area contributed by atoms with Gasteiger partial charge in [-0.05, 0) is 53.8 Å². The molecule has 3 aromatic rings. The Balaban J connectivity index is 1.91. The lowest BCUT2D eigenvalue weighted by atomic mass is 9.95. The van der Waals surface area contributed by atoms with Gasteiger partial charge in [0.25, 0.3) is 0 Å². The van der Waals surface area contributed by atoms with E-state index in [1.54, 1.807) is 0 Å². The van der Waals surface area contributed by atoms with Gasteiger partial charge in [0.15, 0.2) is 0 Å². The molecule has 1 aromatic heterocycles. The van der Waals surface area contributed by atoms with E-state index in [1.807, 2.05) is 12.3 Å².